The van der Waals surface area contributed by atoms with Crippen molar-refractivity contribution in [2.24, 2.45) is 0 Å². The van der Waals surface area contributed by atoms with Gasteiger partial charge in [0.2, 0.25) is 5.91 Å². The van der Waals surface area contributed by atoms with Gasteiger partial charge in [0.05, 0.1) is 5.69 Å². The minimum absolute atomic E-state index is 0.0502. The van der Waals surface area contributed by atoms with Gasteiger partial charge in [0.25, 0.3) is 5.91 Å². The summed E-state index contributed by atoms with van der Waals surface area (Å²) in [5.74, 6) is -0.329. The lowest BCUT2D eigenvalue weighted by molar-refractivity contribution is -0.128. The van der Waals surface area contributed by atoms with Crippen LogP contribution in [0.5, 0.6) is 0 Å². The van der Waals surface area contributed by atoms with E-state index in [1.165, 1.54) is 11.3 Å². The zero-order chi connectivity index (χ0) is 15.1. The predicted molar refractivity (Wildman–Crippen MR) is 87.4 cm³/mol. The van der Waals surface area contributed by atoms with Crippen LogP contribution in [-0.4, -0.2) is 36.3 Å². The van der Waals surface area contributed by atoms with Crippen LogP contribution < -0.4 is 11.1 Å². The van der Waals surface area contributed by atoms with Crippen LogP contribution in [0, 0.1) is 0 Å². The monoisotopic (exact) mass is 367 g/mol. The highest BCUT2D eigenvalue weighted by molar-refractivity contribution is 9.10. The number of likely N-dealkylation sites (tertiary alicyclic amines) is 1. The number of amides is 2. The van der Waals surface area contributed by atoms with Crippen molar-refractivity contribution < 1.29 is 9.59 Å². The van der Waals surface area contributed by atoms with E-state index < -0.39 is 6.04 Å². The number of nitrogens with zero attached hydrogens (tertiary/aromatic N) is 1. The molecule has 0 spiro atoms. The maximum Gasteiger partial charge on any atom is 0.264 e. The first-order valence-electron chi connectivity index (χ1n) is 6.50. The van der Waals surface area contributed by atoms with E-state index in [4.69, 9.17) is 5.73 Å². The zero-order valence-electron chi connectivity index (χ0n) is 11.4. The number of fused-ring (bicyclic) bond motifs is 1. The number of hydrogen-bond donors (Lipinski definition) is 2. The number of anilines is 1. The molecule has 7 heteroatoms. The summed E-state index contributed by atoms with van der Waals surface area (Å²) in [4.78, 5) is 26.3. The highest BCUT2D eigenvalue weighted by Gasteiger charge is 2.31. The molecule has 3 N–H and O–H groups in total. The van der Waals surface area contributed by atoms with Crippen LogP contribution in [0.15, 0.2) is 22.7 Å². The average molecular weight is 368 g/mol. The van der Waals surface area contributed by atoms with Gasteiger partial charge in [0.15, 0.2) is 0 Å². The van der Waals surface area contributed by atoms with Crippen molar-refractivity contribution in [2.45, 2.75) is 12.5 Å². The number of thiophene rings is 1. The molecule has 2 amide bonds. The summed E-state index contributed by atoms with van der Waals surface area (Å²) < 4.78 is 1.87. The zero-order valence-corrected chi connectivity index (χ0v) is 13.8. The van der Waals surface area contributed by atoms with Crippen LogP contribution >= 0.6 is 27.3 Å². The van der Waals surface area contributed by atoms with Gasteiger partial charge >= 0.3 is 0 Å². The van der Waals surface area contributed by atoms with Crippen molar-refractivity contribution >= 4 is 54.9 Å². The first-order valence-corrected chi connectivity index (χ1v) is 8.11. The second kappa shape index (κ2) is 5.31. The van der Waals surface area contributed by atoms with E-state index in [1.807, 2.05) is 18.2 Å². The lowest BCUT2D eigenvalue weighted by Gasteiger charge is -2.11. The smallest absolute Gasteiger partial charge is 0.264 e. The van der Waals surface area contributed by atoms with Gasteiger partial charge in [-0.3, -0.25) is 9.59 Å². The molecule has 2 heterocycles. The number of benzene rings is 1. The molecule has 1 aliphatic rings. The molecular weight excluding hydrogens is 354 g/mol. The quantitative estimate of drug-likeness (QED) is 0.854. The van der Waals surface area contributed by atoms with E-state index >= 15 is 0 Å². The van der Waals surface area contributed by atoms with E-state index in [9.17, 15) is 9.59 Å². The fourth-order valence-electron chi connectivity index (χ4n) is 2.44. The molecule has 1 saturated heterocycles. The molecule has 1 unspecified atom stereocenters. The number of carbonyl (C=O) groups is 2. The predicted octanol–water partition coefficient (Wildman–Crippen LogP) is 2.21. The highest BCUT2D eigenvalue weighted by atomic mass is 79.9. The van der Waals surface area contributed by atoms with Crippen LogP contribution in [0.3, 0.4) is 0 Å². The third-order valence-corrected chi connectivity index (χ3v) is 5.31. The molecule has 0 saturated carbocycles. The molecule has 1 aromatic carbocycles. The van der Waals surface area contributed by atoms with Crippen molar-refractivity contribution in [1.29, 1.82) is 0 Å². The summed E-state index contributed by atoms with van der Waals surface area (Å²) in [6.45, 7) is 0.665. The number of rotatable bonds is 2. The molecule has 0 radical (unpaired) electrons. The van der Waals surface area contributed by atoms with E-state index in [1.54, 1.807) is 11.9 Å². The van der Waals surface area contributed by atoms with Gasteiger partial charge in [0, 0.05) is 28.2 Å². The molecule has 1 aliphatic heterocycles. The van der Waals surface area contributed by atoms with Gasteiger partial charge in [-0.05, 0) is 24.6 Å². The first kappa shape index (κ1) is 14.3. The molecule has 0 bridgehead atoms. The van der Waals surface area contributed by atoms with E-state index in [2.05, 4.69) is 21.2 Å². The van der Waals surface area contributed by atoms with Crippen LogP contribution in [0.4, 0.5) is 5.69 Å². The summed E-state index contributed by atoms with van der Waals surface area (Å²) in [5.41, 5.74) is 6.54. The van der Waals surface area contributed by atoms with Gasteiger partial charge in [0.1, 0.15) is 10.9 Å². The maximum absolute atomic E-state index is 12.4. The summed E-state index contributed by atoms with van der Waals surface area (Å²) in [5, 5.41) is 3.64. The number of likely N-dealkylation sites (N-methyl/N-ethyl adjacent to an activating group) is 1. The van der Waals surface area contributed by atoms with E-state index in [0.717, 1.165) is 14.6 Å². The molecule has 3 rings (SSSR count). The number of hydrogen-bond acceptors (Lipinski definition) is 4. The molecule has 110 valence electrons. The Morgan fingerprint density at radius 3 is 2.95 bits per heavy atom. The molecule has 2 aromatic rings. The molecule has 5 nitrogen and oxygen atoms in total. The Kier molecular flexibility index (Phi) is 3.62. The molecule has 1 aromatic heterocycles. The number of nitrogens with two attached hydrogens (primary N) is 1. The minimum Gasteiger partial charge on any atom is -0.397 e. The van der Waals surface area contributed by atoms with Crippen LogP contribution in [0.2, 0.25) is 0 Å². The Morgan fingerprint density at radius 2 is 2.29 bits per heavy atom. The van der Waals surface area contributed by atoms with Crippen LogP contribution in [-0.2, 0) is 4.79 Å². The van der Waals surface area contributed by atoms with E-state index in [-0.39, 0.29) is 11.8 Å². The SMILES string of the molecule is CN1CCC(NC(=O)c2sc3ccc(Br)cc3c2N)C1=O. The maximum atomic E-state index is 12.4. The van der Waals surface area contributed by atoms with Crippen molar-refractivity contribution in [2.75, 3.05) is 19.3 Å². The Bertz CT molecular complexity index is 743. The van der Waals surface area contributed by atoms with Crippen molar-refractivity contribution in [3.63, 3.8) is 0 Å². The van der Waals surface area contributed by atoms with Gasteiger partial charge in [-0.2, -0.15) is 0 Å². The largest absolute Gasteiger partial charge is 0.397 e. The fraction of sp³-hybridized carbons (Fsp3) is 0.286. The molecular formula is C14H14BrN3O2S. The van der Waals surface area contributed by atoms with Crippen LogP contribution in [0.1, 0.15) is 16.1 Å². The van der Waals surface area contributed by atoms with Crippen molar-refractivity contribution in [3.8, 4) is 0 Å². The van der Waals surface area contributed by atoms with E-state index in [0.29, 0.717) is 23.5 Å². The van der Waals surface area contributed by atoms with Crippen molar-refractivity contribution in [3.05, 3.63) is 27.5 Å². The van der Waals surface area contributed by atoms with Gasteiger partial charge in [-0.1, -0.05) is 15.9 Å². The molecule has 1 fully saturated rings. The van der Waals surface area contributed by atoms with Crippen molar-refractivity contribution in [1.82, 2.24) is 10.2 Å². The lowest BCUT2D eigenvalue weighted by atomic mass is 10.2. The first-order chi connectivity index (χ1) is 9.97. The molecule has 21 heavy (non-hydrogen) atoms. The fourth-order valence-corrected chi connectivity index (χ4v) is 3.81. The third kappa shape index (κ3) is 2.51. The van der Waals surface area contributed by atoms with Gasteiger partial charge in [-0.15, -0.1) is 11.3 Å². The Morgan fingerprint density at radius 1 is 1.52 bits per heavy atom. The molecule has 1 atom stereocenters. The Labute approximate surface area is 134 Å². The number of halogens is 1. The van der Waals surface area contributed by atoms with Gasteiger partial charge in [-0.25, -0.2) is 0 Å². The summed E-state index contributed by atoms with van der Waals surface area (Å²) in [6, 6.07) is 5.28. The summed E-state index contributed by atoms with van der Waals surface area (Å²) in [6.07, 6.45) is 0.636. The third-order valence-electron chi connectivity index (χ3n) is 3.63. The normalized spacial score (nSPS) is 18.5. The topological polar surface area (TPSA) is 75.4 Å². The second-order valence-electron chi connectivity index (χ2n) is 5.06. The molecule has 0 aliphatic carbocycles. The minimum atomic E-state index is -0.446. The van der Waals surface area contributed by atoms with Gasteiger partial charge < -0.3 is 16.0 Å². The number of carbonyl (C=O) groups excluding carboxylic acids is 2. The average Bonchev–Trinajstić information content (AvgIpc) is 2.94. The standard InChI is InChI=1S/C14H14BrN3O2S/c1-18-5-4-9(14(18)20)17-13(19)12-11(16)8-6-7(15)2-3-10(8)21-12/h2-3,6,9H,4-5,16H2,1H3,(H,17,19). The van der Waals surface area contributed by atoms with Crippen LogP contribution in [0.25, 0.3) is 10.1 Å². The summed E-state index contributed by atoms with van der Waals surface area (Å²) >= 11 is 4.74. The lowest BCUT2D eigenvalue weighted by Crippen LogP contribution is -2.40. The Hall–Kier alpha value is -1.60. The second-order valence-corrected chi connectivity index (χ2v) is 7.03. The number of nitrogen functional groups attached to an aromatic ring is 1. The number of nitrogens with one attached hydrogen (secondary N) is 1. The summed E-state index contributed by atoms with van der Waals surface area (Å²) in [7, 11) is 1.74. The Balaban J connectivity index is 1.88. The highest BCUT2D eigenvalue weighted by Crippen LogP contribution is 2.35.